The molecular formula is C47H36N6Na2O12S4. The molecule has 0 bridgehead atoms. The first-order valence-corrected chi connectivity index (χ1v) is 25.8. The first-order valence-electron chi connectivity index (χ1n) is 20.2. The molecule has 0 aliphatic carbocycles. The number of nitrogens with two attached hydrogens (primary N) is 2. The van der Waals surface area contributed by atoms with Gasteiger partial charge in [-0.15, -0.1) is 20.5 Å². The first-order chi connectivity index (χ1) is 32.5. The Morgan fingerprint density at radius 1 is 0.408 bits per heavy atom. The van der Waals surface area contributed by atoms with Crippen LogP contribution in [0.15, 0.2) is 198 Å². The quantitative estimate of drug-likeness (QED) is 0.0517. The van der Waals surface area contributed by atoms with E-state index in [4.69, 9.17) is 19.8 Å². The number of nitrogens with zero attached hydrogens (tertiary/aromatic N) is 4. The van der Waals surface area contributed by atoms with Gasteiger partial charge in [-0.05, 0) is 83.9 Å². The van der Waals surface area contributed by atoms with E-state index in [0.717, 1.165) is 23.3 Å². The molecule has 0 radical (unpaired) electrons. The number of anilines is 2. The van der Waals surface area contributed by atoms with Crippen LogP contribution in [-0.2, 0) is 45.9 Å². The minimum atomic E-state index is -4.84. The third-order valence-electron chi connectivity index (χ3n) is 10.9. The third kappa shape index (κ3) is 11.7. The van der Waals surface area contributed by atoms with Crippen molar-refractivity contribution in [3.8, 4) is 11.5 Å². The molecule has 0 saturated carbocycles. The summed E-state index contributed by atoms with van der Waals surface area (Å²) in [5.74, 6) is -0.0479. The summed E-state index contributed by atoms with van der Waals surface area (Å²) in [6.45, 7) is 3.81. The summed E-state index contributed by atoms with van der Waals surface area (Å²) >= 11 is 0. The van der Waals surface area contributed by atoms with Gasteiger partial charge >= 0.3 is 79.4 Å². The molecule has 0 amide bonds. The van der Waals surface area contributed by atoms with E-state index in [0.29, 0.717) is 0 Å². The predicted molar refractivity (Wildman–Crippen MR) is 255 cm³/mol. The largest absolute Gasteiger partial charge is 1.00 e. The molecule has 0 aromatic heterocycles. The molecule has 0 spiro atoms. The van der Waals surface area contributed by atoms with Gasteiger partial charge in [0.15, 0.2) is 0 Å². The fourth-order valence-corrected chi connectivity index (χ4v) is 10.9. The van der Waals surface area contributed by atoms with E-state index in [-0.39, 0.29) is 136 Å². The minimum Gasteiger partial charge on any atom is -0.744 e. The van der Waals surface area contributed by atoms with Gasteiger partial charge in [0, 0.05) is 27.0 Å². The van der Waals surface area contributed by atoms with Crippen LogP contribution in [0.3, 0.4) is 0 Å². The molecule has 0 atom stereocenters. The van der Waals surface area contributed by atoms with Crippen LogP contribution >= 0.6 is 0 Å². The molecule has 0 saturated heterocycles. The summed E-state index contributed by atoms with van der Waals surface area (Å²) < 4.78 is 137. The number of azo groups is 2. The van der Waals surface area contributed by atoms with Crippen molar-refractivity contribution in [2.75, 3.05) is 11.5 Å². The zero-order chi connectivity index (χ0) is 49.5. The Bertz CT molecular complexity index is 3630. The topological polar surface area (TPSA) is 303 Å². The Morgan fingerprint density at radius 2 is 0.746 bits per heavy atom. The smallest absolute Gasteiger partial charge is 0.744 e. The van der Waals surface area contributed by atoms with E-state index < -0.39 is 55.7 Å². The Balaban J connectivity index is 0.00000413. The zero-order valence-corrected chi connectivity index (χ0v) is 45.3. The van der Waals surface area contributed by atoms with Crippen LogP contribution in [0.4, 0.5) is 34.1 Å². The maximum absolute atomic E-state index is 13.7. The summed E-state index contributed by atoms with van der Waals surface area (Å²) in [5, 5.41) is 17.1. The zero-order valence-electron chi connectivity index (χ0n) is 38.0. The standard InChI is InChI=1S/C47H38N6O12S4.2Na/c1-47(2,29-17-21-31(22-18-29)64-68(60,61)43-13-5-3-11-39(43)50-52-45-35-9-7-15-41(66(54,55)56)33(35)25-27-37(45)48)30-19-23-32(24-20-30)65-69(62,63)44-14-6-4-12-40(44)51-53-46-36-10-8-16-42(67(57,58)59)34(36)26-28-38(46)49;;/h3-28H,48-49H2,1-2H3,(H,54,55,56)(H,57,58,59);;/q;2*+1/p-2. The van der Waals surface area contributed by atoms with Crippen LogP contribution < -0.4 is 78.9 Å². The van der Waals surface area contributed by atoms with Gasteiger partial charge < -0.3 is 28.9 Å². The summed E-state index contributed by atoms with van der Waals surface area (Å²) in [6, 6.07) is 37.4. The fourth-order valence-electron chi connectivity index (χ4n) is 7.39. The van der Waals surface area contributed by atoms with Gasteiger partial charge in [0.05, 0.1) is 21.2 Å². The van der Waals surface area contributed by atoms with Crippen LogP contribution in [0.2, 0.25) is 0 Å². The molecule has 24 heteroatoms. The SMILES string of the molecule is CC(C)(c1ccc(OS(=O)(=O)c2ccccc2N=Nc2c(N)ccc3c(S(=O)(=O)[O-])cccc23)cc1)c1ccc(OS(=O)(=O)c2ccccc2N=Nc2c(N)ccc3c(S(=O)(=O)[O-])cccc23)cc1.[Na+].[Na+]. The molecule has 18 nitrogen and oxygen atoms in total. The summed E-state index contributed by atoms with van der Waals surface area (Å²) in [4.78, 5) is -1.62. The second kappa shape index (κ2) is 21.2. The second-order valence-electron chi connectivity index (χ2n) is 15.7. The van der Waals surface area contributed by atoms with Crippen molar-refractivity contribution in [2.24, 2.45) is 20.5 Å². The van der Waals surface area contributed by atoms with E-state index in [9.17, 15) is 42.8 Å². The maximum Gasteiger partial charge on any atom is 1.00 e. The van der Waals surface area contributed by atoms with E-state index in [2.05, 4.69) is 20.5 Å². The van der Waals surface area contributed by atoms with Crippen molar-refractivity contribution in [3.05, 3.63) is 169 Å². The monoisotopic (exact) mass is 1050 g/mol. The molecule has 352 valence electrons. The van der Waals surface area contributed by atoms with Crippen molar-refractivity contribution in [2.45, 2.75) is 38.8 Å². The van der Waals surface area contributed by atoms with Gasteiger partial charge in [-0.3, -0.25) is 0 Å². The van der Waals surface area contributed by atoms with Gasteiger partial charge in [0.2, 0.25) is 0 Å². The van der Waals surface area contributed by atoms with Crippen molar-refractivity contribution >= 4 is 96.1 Å². The molecule has 8 rings (SSSR count). The third-order valence-corrected chi connectivity index (χ3v) is 15.3. The van der Waals surface area contributed by atoms with E-state index in [1.807, 2.05) is 13.8 Å². The van der Waals surface area contributed by atoms with Crippen molar-refractivity contribution in [3.63, 3.8) is 0 Å². The molecule has 0 aliphatic heterocycles. The number of hydrogen-bond acceptors (Lipinski definition) is 18. The second-order valence-corrected chi connectivity index (χ2v) is 21.4. The number of fused-ring (bicyclic) bond motifs is 2. The number of nitrogen functional groups attached to an aromatic ring is 2. The van der Waals surface area contributed by atoms with Gasteiger partial charge in [0.25, 0.3) is 0 Å². The molecule has 0 heterocycles. The van der Waals surface area contributed by atoms with Crippen LogP contribution in [0.5, 0.6) is 11.5 Å². The normalized spacial score (nSPS) is 12.5. The van der Waals surface area contributed by atoms with Crippen LogP contribution in [0.1, 0.15) is 25.0 Å². The predicted octanol–water partition coefficient (Wildman–Crippen LogP) is 3.67. The Morgan fingerprint density at radius 3 is 1.10 bits per heavy atom. The molecule has 4 N–H and O–H groups in total. The molecule has 8 aromatic rings. The minimum absolute atomic E-state index is 0. The first kappa shape index (κ1) is 54.7. The van der Waals surface area contributed by atoms with E-state index in [1.54, 1.807) is 24.3 Å². The molecule has 0 fully saturated rings. The molecule has 8 aromatic carbocycles. The van der Waals surface area contributed by atoms with Crippen molar-refractivity contribution in [1.82, 2.24) is 0 Å². The molecule has 71 heavy (non-hydrogen) atoms. The molecule has 0 unspecified atom stereocenters. The van der Waals surface area contributed by atoms with Gasteiger partial charge in [-0.1, -0.05) is 98.8 Å². The average molecular weight is 1050 g/mol. The Hall–Kier alpha value is -5.60. The van der Waals surface area contributed by atoms with Crippen LogP contribution in [0.25, 0.3) is 21.5 Å². The van der Waals surface area contributed by atoms with Gasteiger partial charge in [0.1, 0.15) is 64.3 Å². The fraction of sp³-hybridized carbons (Fsp3) is 0.0638. The number of hydrogen-bond donors (Lipinski definition) is 2. The molecule has 0 aliphatic rings. The maximum atomic E-state index is 13.7. The summed E-state index contributed by atoms with van der Waals surface area (Å²) in [7, 11) is -18.7. The van der Waals surface area contributed by atoms with Crippen molar-refractivity contribution in [1.29, 1.82) is 0 Å². The summed E-state index contributed by atoms with van der Waals surface area (Å²) in [6.07, 6.45) is 0. The van der Waals surface area contributed by atoms with Gasteiger partial charge in [-0.25, -0.2) is 16.8 Å². The van der Waals surface area contributed by atoms with Crippen LogP contribution in [0, 0.1) is 0 Å². The number of rotatable bonds is 14. The van der Waals surface area contributed by atoms with Crippen molar-refractivity contribution < 1.29 is 110 Å². The van der Waals surface area contributed by atoms with Crippen LogP contribution in [-0.4, -0.2) is 42.8 Å². The number of benzene rings is 8. The Kier molecular flexibility index (Phi) is 16.4. The van der Waals surface area contributed by atoms with Gasteiger partial charge in [-0.2, -0.15) is 16.8 Å². The average Bonchev–Trinajstić information content (AvgIpc) is 3.30. The summed E-state index contributed by atoms with van der Waals surface area (Å²) in [5.41, 5.74) is 13.0. The molecular weight excluding hydrogens is 1010 g/mol. The van der Waals surface area contributed by atoms with E-state index in [1.165, 1.54) is 121 Å². The Labute approximate surface area is 453 Å². The van der Waals surface area contributed by atoms with E-state index >= 15 is 0 Å².